The fourth-order valence-electron chi connectivity index (χ4n) is 1.70. The van der Waals surface area contributed by atoms with Crippen molar-refractivity contribution < 1.29 is 29.3 Å². The minimum Gasteiger partial charge on any atom is -0.493 e. The monoisotopic (exact) mass is 324 g/mol. The van der Waals surface area contributed by atoms with Crippen LogP contribution >= 0.6 is 0 Å². The number of aliphatic carboxylic acids is 2. The summed E-state index contributed by atoms with van der Waals surface area (Å²) in [6.45, 7) is 1.50. The Morgan fingerprint density at radius 3 is 2.39 bits per heavy atom. The largest absolute Gasteiger partial charge is 0.493 e. The normalized spacial score (nSPS) is 10.5. The lowest BCUT2D eigenvalue weighted by atomic mass is 10.2. The predicted octanol–water partition coefficient (Wildman–Crippen LogP) is 1.29. The minimum absolute atomic E-state index is 0.502. The van der Waals surface area contributed by atoms with E-state index in [2.05, 4.69) is 5.10 Å². The van der Waals surface area contributed by atoms with Crippen LogP contribution in [0.15, 0.2) is 23.3 Å². The molecule has 0 unspecified atom stereocenters. The summed E-state index contributed by atoms with van der Waals surface area (Å²) in [4.78, 5) is 21.4. The molecule has 0 bridgehead atoms. The van der Waals surface area contributed by atoms with E-state index in [1.54, 1.807) is 18.2 Å². The van der Waals surface area contributed by atoms with Crippen LogP contribution in [0.5, 0.6) is 11.5 Å². The number of carboxylic acids is 2. The van der Waals surface area contributed by atoms with Crippen LogP contribution in [0.1, 0.15) is 18.9 Å². The van der Waals surface area contributed by atoms with Gasteiger partial charge in [-0.2, -0.15) is 5.10 Å². The third-order valence-electron chi connectivity index (χ3n) is 2.66. The predicted molar refractivity (Wildman–Crippen MR) is 83.2 cm³/mol. The lowest BCUT2D eigenvalue weighted by Crippen LogP contribution is -2.30. The second-order valence-corrected chi connectivity index (χ2v) is 4.61. The summed E-state index contributed by atoms with van der Waals surface area (Å²) in [5.41, 5.74) is 0.637. The molecule has 0 aliphatic heterocycles. The summed E-state index contributed by atoms with van der Waals surface area (Å²) in [6.07, 6.45) is 2.22. The maximum Gasteiger partial charge on any atom is 0.324 e. The lowest BCUT2D eigenvalue weighted by molar-refractivity contribution is -0.141. The Morgan fingerprint density at radius 1 is 1.22 bits per heavy atom. The highest BCUT2D eigenvalue weighted by atomic mass is 16.5. The molecule has 0 radical (unpaired) electrons. The molecule has 1 aromatic rings. The van der Waals surface area contributed by atoms with Gasteiger partial charge in [0.15, 0.2) is 11.5 Å². The average molecular weight is 324 g/mol. The van der Waals surface area contributed by atoms with E-state index in [1.807, 2.05) is 6.92 Å². The molecule has 0 heterocycles. The van der Waals surface area contributed by atoms with Gasteiger partial charge in [0.05, 0.1) is 19.9 Å². The summed E-state index contributed by atoms with van der Waals surface area (Å²) in [5.74, 6) is -1.21. The van der Waals surface area contributed by atoms with Crippen molar-refractivity contribution in [3.63, 3.8) is 0 Å². The van der Waals surface area contributed by atoms with Crippen LogP contribution in [0.25, 0.3) is 0 Å². The second kappa shape index (κ2) is 9.29. The maximum atomic E-state index is 10.7. The number of hydrogen-bond acceptors (Lipinski definition) is 6. The Hall–Kier alpha value is -2.77. The van der Waals surface area contributed by atoms with Crippen molar-refractivity contribution in [2.75, 3.05) is 26.8 Å². The molecule has 2 N–H and O–H groups in total. The zero-order valence-electron chi connectivity index (χ0n) is 13.1. The van der Waals surface area contributed by atoms with E-state index in [9.17, 15) is 9.59 Å². The average Bonchev–Trinajstić information content (AvgIpc) is 2.49. The number of hydrogen-bond donors (Lipinski definition) is 2. The van der Waals surface area contributed by atoms with Crippen molar-refractivity contribution in [1.82, 2.24) is 5.01 Å². The van der Waals surface area contributed by atoms with Gasteiger partial charge in [-0.1, -0.05) is 6.92 Å². The third-order valence-corrected chi connectivity index (χ3v) is 2.66. The van der Waals surface area contributed by atoms with E-state index < -0.39 is 25.0 Å². The van der Waals surface area contributed by atoms with Crippen LogP contribution in [0.2, 0.25) is 0 Å². The first-order valence-corrected chi connectivity index (χ1v) is 6.99. The van der Waals surface area contributed by atoms with Crippen LogP contribution in [0.3, 0.4) is 0 Å². The topological polar surface area (TPSA) is 109 Å². The van der Waals surface area contributed by atoms with E-state index in [4.69, 9.17) is 19.7 Å². The van der Waals surface area contributed by atoms with Crippen molar-refractivity contribution in [2.45, 2.75) is 13.3 Å². The number of benzene rings is 1. The number of rotatable bonds is 10. The molecule has 0 saturated carbocycles. The van der Waals surface area contributed by atoms with E-state index in [-0.39, 0.29) is 0 Å². The number of carboxylic acid groups (broad SMARTS) is 2. The highest BCUT2D eigenvalue weighted by Gasteiger charge is 2.11. The molecule has 0 fully saturated rings. The molecule has 23 heavy (non-hydrogen) atoms. The van der Waals surface area contributed by atoms with Crippen molar-refractivity contribution in [3.05, 3.63) is 23.8 Å². The van der Waals surface area contributed by atoms with Gasteiger partial charge in [-0.05, 0) is 30.2 Å². The Labute approximate surface area is 133 Å². The van der Waals surface area contributed by atoms with Gasteiger partial charge in [-0.3, -0.25) is 14.6 Å². The van der Waals surface area contributed by atoms with Crippen molar-refractivity contribution in [2.24, 2.45) is 5.10 Å². The van der Waals surface area contributed by atoms with E-state index in [1.165, 1.54) is 13.3 Å². The molecule has 0 amide bonds. The molecule has 0 atom stereocenters. The molecule has 8 nitrogen and oxygen atoms in total. The maximum absolute atomic E-state index is 10.7. The summed E-state index contributed by atoms with van der Waals surface area (Å²) < 4.78 is 10.8. The standard InChI is InChI=1S/C15H20N2O6/c1-3-6-23-13-7-11(4-5-12(13)22-2)8-16-17(9-14(18)19)10-15(20)21/h4-5,7-8H,3,6,9-10H2,1-2H3,(H,18,19)(H,20,21)/b16-8-. The minimum atomic E-state index is -1.16. The van der Waals surface area contributed by atoms with Gasteiger partial charge < -0.3 is 19.7 Å². The van der Waals surface area contributed by atoms with Crippen LogP contribution in [-0.4, -0.2) is 60.2 Å². The number of ether oxygens (including phenoxy) is 2. The van der Waals surface area contributed by atoms with Gasteiger partial charge in [0.25, 0.3) is 0 Å². The van der Waals surface area contributed by atoms with Gasteiger partial charge in [-0.25, -0.2) is 0 Å². The van der Waals surface area contributed by atoms with Crippen molar-refractivity contribution >= 4 is 18.2 Å². The van der Waals surface area contributed by atoms with Crippen molar-refractivity contribution in [3.8, 4) is 11.5 Å². The van der Waals surface area contributed by atoms with Crippen molar-refractivity contribution in [1.29, 1.82) is 0 Å². The number of methoxy groups -OCH3 is 1. The molecular formula is C15H20N2O6. The van der Waals surface area contributed by atoms with Crippen LogP contribution in [0, 0.1) is 0 Å². The van der Waals surface area contributed by atoms with Gasteiger partial charge in [0.2, 0.25) is 0 Å². The molecule has 0 aliphatic rings. The van der Waals surface area contributed by atoms with Gasteiger partial charge in [0.1, 0.15) is 13.1 Å². The Morgan fingerprint density at radius 2 is 1.87 bits per heavy atom. The van der Waals surface area contributed by atoms with E-state index in [0.29, 0.717) is 23.7 Å². The Kier molecular flexibility index (Phi) is 7.38. The molecule has 8 heteroatoms. The highest BCUT2D eigenvalue weighted by Crippen LogP contribution is 2.27. The van der Waals surface area contributed by atoms with E-state index >= 15 is 0 Å². The molecule has 0 aromatic heterocycles. The molecule has 126 valence electrons. The van der Waals surface area contributed by atoms with Crippen LogP contribution in [-0.2, 0) is 9.59 Å². The SMILES string of the molecule is CCCOc1cc(/C=N\N(CC(=O)O)CC(=O)O)ccc1OC. The molecular weight excluding hydrogens is 304 g/mol. The summed E-state index contributed by atoms with van der Waals surface area (Å²) in [6, 6.07) is 5.10. The third kappa shape index (κ3) is 6.68. The molecule has 1 rings (SSSR count). The zero-order chi connectivity index (χ0) is 17.2. The smallest absolute Gasteiger partial charge is 0.324 e. The van der Waals surface area contributed by atoms with Gasteiger partial charge in [-0.15, -0.1) is 0 Å². The first-order chi connectivity index (χ1) is 11.0. The Balaban J connectivity index is 2.91. The highest BCUT2D eigenvalue weighted by molar-refractivity contribution is 5.81. The quantitative estimate of drug-likeness (QED) is 0.493. The van der Waals surface area contributed by atoms with E-state index in [0.717, 1.165) is 11.4 Å². The lowest BCUT2D eigenvalue weighted by Gasteiger charge is -2.14. The summed E-state index contributed by atoms with van der Waals surface area (Å²) in [7, 11) is 1.53. The van der Waals surface area contributed by atoms with Gasteiger partial charge >= 0.3 is 11.9 Å². The molecule has 1 aromatic carbocycles. The summed E-state index contributed by atoms with van der Waals surface area (Å²) >= 11 is 0. The van der Waals surface area contributed by atoms with Crippen LogP contribution < -0.4 is 9.47 Å². The zero-order valence-corrected chi connectivity index (χ0v) is 13.1. The fourth-order valence-corrected chi connectivity index (χ4v) is 1.70. The first-order valence-electron chi connectivity index (χ1n) is 6.99. The fraction of sp³-hybridized carbons (Fsp3) is 0.400. The molecule has 0 saturated heterocycles. The van der Waals surface area contributed by atoms with Crippen LogP contribution in [0.4, 0.5) is 0 Å². The number of carbonyl (C=O) groups is 2. The molecule has 0 aliphatic carbocycles. The molecule has 0 spiro atoms. The Bertz CT molecular complexity index is 557. The number of nitrogens with zero attached hydrogens (tertiary/aromatic N) is 2. The number of hydrazone groups is 1. The summed E-state index contributed by atoms with van der Waals surface area (Å²) in [5, 5.41) is 22.4. The first kappa shape index (κ1) is 18.3. The van der Waals surface area contributed by atoms with Gasteiger partial charge in [0, 0.05) is 0 Å². The second-order valence-electron chi connectivity index (χ2n) is 4.61.